The van der Waals surface area contributed by atoms with E-state index in [1.165, 1.54) is 12.8 Å². The minimum Gasteiger partial charge on any atom is -0.493 e. The fourth-order valence-corrected chi connectivity index (χ4v) is 2.93. The second kappa shape index (κ2) is 6.94. The molecule has 21 heavy (non-hydrogen) atoms. The van der Waals surface area contributed by atoms with Crippen molar-refractivity contribution in [3.8, 4) is 5.75 Å². The van der Waals surface area contributed by atoms with Gasteiger partial charge < -0.3 is 9.64 Å². The number of anilines is 1. The van der Waals surface area contributed by atoms with Gasteiger partial charge in [0.05, 0.1) is 6.61 Å². The average Bonchev–Trinajstić information content (AvgIpc) is 2.55. The van der Waals surface area contributed by atoms with Crippen LogP contribution in [0.25, 0.3) is 0 Å². The van der Waals surface area contributed by atoms with Gasteiger partial charge in [-0.25, -0.2) is 4.98 Å². The van der Waals surface area contributed by atoms with Crippen molar-refractivity contribution in [3.05, 3.63) is 53.1 Å². The molecule has 2 aromatic rings. The van der Waals surface area contributed by atoms with E-state index in [4.69, 9.17) is 4.74 Å². The maximum Gasteiger partial charge on any atom is 0.128 e. The predicted molar refractivity (Wildman–Crippen MR) is 88.8 cm³/mol. The van der Waals surface area contributed by atoms with E-state index in [1.807, 2.05) is 42.6 Å². The fourth-order valence-electron chi connectivity index (χ4n) is 2.70. The van der Waals surface area contributed by atoms with Crippen LogP contribution < -0.4 is 9.64 Å². The van der Waals surface area contributed by atoms with Gasteiger partial charge in [0.2, 0.25) is 0 Å². The first kappa shape index (κ1) is 14.4. The molecule has 2 heterocycles. The summed E-state index contributed by atoms with van der Waals surface area (Å²) in [7, 11) is 0. The summed E-state index contributed by atoms with van der Waals surface area (Å²) in [4.78, 5) is 6.85. The van der Waals surface area contributed by atoms with Crippen molar-refractivity contribution in [2.75, 3.05) is 24.6 Å². The molecular weight excluding hydrogens is 328 g/mol. The Morgan fingerprint density at radius 2 is 2.05 bits per heavy atom. The Labute approximate surface area is 134 Å². The summed E-state index contributed by atoms with van der Waals surface area (Å²) in [6.07, 6.45) is 4.28. The van der Waals surface area contributed by atoms with Crippen molar-refractivity contribution in [3.63, 3.8) is 0 Å². The molecule has 1 saturated heterocycles. The van der Waals surface area contributed by atoms with E-state index < -0.39 is 0 Å². The lowest BCUT2D eigenvalue weighted by molar-refractivity contribution is 0.228. The van der Waals surface area contributed by atoms with E-state index in [0.29, 0.717) is 5.92 Å². The summed E-state index contributed by atoms with van der Waals surface area (Å²) in [5.74, 6) is 2.57. The van der Waals surface area contributed by atoms with Gasteiger partial charge in [0.15, 0.2) is 0 Å². The number of piperidine rings is 1. The summed E-state index contributed by atoms with van der Waals surface area (Å²) >= 11 is 3.43. The third-order valence-electron chi connectivity index (χ3n) is 3.78. The molecule has 0 saturated carbocycles. The third-order valence-corrected chi connectivity index (χ3v) is 4.25. The Kier molecular flexibility index (Phi) is 4.76. The largest absolute Gasteiger partial charge is 0.493 e. The zero-order valence-electron chi connectivity index (χ0n) is 11.9. The lowest BCUT2D eigenvalue weighted by Gasteiger charge is -2.33. The molecule has 1 aliphatic rings. The highest BCUT2D eigenvalue weighted by Crippen LogP contribution is 2.23. The zero-order chi connectivity index (χ0) is 14.5. The molecular formula is C17H19BrN2O. The van der Waals surface area contributed by atoms with Crippen molar-refractivity contribution in [2.45, 2.75) is 12.8 Å². The Hall–Kier alpha value is -1.55. The van der Waals surface area contributed by atoms with Gasteiger partial charge in [-0.15, -0.1) is 0 Å². The SMILES string of the molecule is Brc1ccc(N2CCCC(COc3ccccc3)C2)nc1. The zero-order valence-corrected chi connectivity index (χ0v) is 13.5. The minimum atomic E-state index is 0.560. The number of rotatable bonds is 4. The molecule has 1 aromatic carbocycles. The molecule has 0 N–H and O–H groups in total. The van der Waals surface area contributed by atoms with Gasteiger partial charge in [-0.1, -0.05) is 18.2 Å². The first-order valence-corrected chi connectivity index (χ1v) is 8.15. The van der Waals surface area contributed by atoms with E-state index in [9.17, 15) is 0 Å². The van der Waals surface area contributed by atoms with Crippen molar-refractivity contribution >= 4 is 21.7 Å². The van der Waals surface area contributed by atoms with E-state index >= 15 is 0 Å². The topological polar surface area (TPSA) is 25.4 Å². The summed E-state index contributed by atoms with van der Waals surface area (Å²) in [6, 6.07) is 14.2. The maximum absolute atomic E-state index is 5.89. The lowest BCUT2D eigenvalue weighted by Crippen LogP contribution is -2.38. The van der Waals surface area contributed by atoms with Gasteiger partial charge in [0.25, 0.3) is 0 Å². The molecule has 1 fully saturated rings. The minimum absolute atomic E-state index is 0.560. The Morgan fingerprint density at radius 3 is 2.81 bits per heavy atom. The molecule has 0 radical (unpaired) electrons. The number of aromatic nitrogens is 1. The van der Waals surface area contributed by atoms with E-state index in [0.717, 1.165) is 35.7 Å². The molecule has 0 aliphatic carbocycles. The van der Waals surface area contributed by atoms with Crippen LogP contribution in [0.1, 0.15) is 12.8 Å². The number of ether oxygens (including phenoxy) is 1. The molecule has 1 unspecified atom stereocenters. The smallest absolute Gasteiger partial charge is 0.128 e. The van der Waals surface area contributed by atoms with Gasteiger partial charge in [0.1, 0.15) is 11.6 Å². The van der Waals surface area contributed by atoms with Crippen molar-refractivity contribution in [1.82, 2.24) is 4.98 Å². The van der Waals surface area contributed by atoms with Crippen LogP contribution in [-0.2, 0) is 0 Å². The molecule has 1 aromatic heterocycles. The van der Waals surface area contributed by atoms with Gasteiger partial charge in [-0.05, 0) is 53.0 Å². The quantitative estimate of drug-likeness (QED) is 0.831. The Balaban J connectivity index is 1.57. The van der Waals surface area contributed by atoms with E-state index in [1.54, 1.807) is 0 Å². The van der Waals surface area contributed by atoms with Gasteiger partial charge in [0, 0.05) is 29.7 Å². The van der Waals surface area contributed by atoms with Crippen molar-refractivity contribution in [2.24, 2.45) is 5.92 Å². The van der Waals surface area contributed by atoms with Crippen LogP contribution in [0, 0.1) is 5.92 Å². The van der Waals surface area contributed by atoms with E-state index in [-0.39, 0.29) is 0 Å². The normalized spacial score (nSPS) is 18.5. The highest BCUT2D eigenvalue weighted by atomic mass is 79.9. The average molecular weight is 347 g/mol. The Morgan fingerprint density at radius 1 is 1.19 bits per heavy atom. The molecule has 3 nitrogen and oxygen atoms in total. The van der Waals surface area contributed by atoms with Crippen LogP contribution in [0.4, 0.5) is 5.82 Å². The summed E-state index contributed by atoms with van der Waals surface area (Å²) < 4.78 is 6.91. The van der Waals surface area contributed by atoms with Crippen LogP contribution in [-0.4, -0.2) is 24.7 Å². The monoisotopic (exact) mass is 346 g/mol. The highest BCUT2D eigenvalue weighted by Gasteiger charge is 2.21. The highest BCUT2D eigenvalue weighted by molar-refractivity contribution is 9.10. The number of hydrogen-bond donors (Lipinski definition) is 0. The van der Waals surface area contributed by atoms with Crippen LogP contribution in [0.5, 0.6) is 5.75 Å². The third kappa shape index (κ3) is 3.97. The van der Waals surface area contributed by atoms with Gasteiger partial charge >= 0.3 is 0 Å². The second-order valence-corrected chi connectivity index (χ2v) is 6.33. The van der Waals surface area contributed by atoms with Crippen LogP contribution >= 0.6 is 15.9 Å². The molecule has 4 heteroatoms. The molecule has 0 bridgehead atoms. The number of hydrogen-bond acceptors (Lipinski definition) is 3. The summed E-state index contributed by atoms with van der Waals surface area (Å²) in [5.41, 5.74) is 0. The van der Waals surface area contributed by atoms with Gasteiger partial charge in [-0.2, -0.15) is 0 Å². The second-order valence-electron chi connectivity index (χ2n) is 5.41. The molecule has 0 amide bonds. The van der Waals surface area contributed by atoms with Crippen molar-refractivity contribution < 1.29 is 4.74 Å². The van der Waals surface area contributed by atoms with E-state index in [2.05, 4.69) is 31.9 Å². The molecule has 1 aliphatic heterocycles. The molecule has 0 spiro atoms. The van der Waals surface area contributed by atoms with Crippen LogP contribution in [0.2, 0.25) is 0 Å². The molecule has 1 atom stereocenters. The number of halogens is 1. The molecule has 110 valence electrons. The first-order valence-electron chi connectivity index (χ1n) is 7.35. The summed E-state index contributed by atoms with van der Waals surface area (Å²) in [5, 5.41) is 0. The summed E-state index contributed by atoms with van der Waals surface area (Å²) in [6.45, 7) is 2.87. The fraction of sp³-hybridized carbons (Fsp3) is 0.353. The van der Waals surface area contributed by atoms with Gasteiger partial charge in [-0.3, -0.25) is 0 Å². The Bertz CT molecular complexity index is 559. The lowest BCUT2D eigenvalue weighted by atomic mass is 9.99. The predicted octanol–water partition coefficient (Wildman–Crippen LogP) is 4.14. The first-order chi connectivity index (χ1) is 10.3. The standard InChI is InChI=1S/C17H19BrN2O/c18-15-8-9-17(19-11-15)20-10-4-5-14(12-20)13-21-16-6-2-1-3-7-16/h1-3,6-9,11,14H,4-5,10,12-13H2. The number of para-hydroxylation sites is 1. The number of nitrogens with zero attached hydrogens (tertiary/aromatic N) is 2. The van der Waals surface area contributed by atoms with Crippen LogP contribution in [0.15, 0.2) is 53.1 Å². The number of benzene rings is 1. The number of pyridine rings is 1. The van der Waals surface area contributed by atoms with Crippen molar-refractivity contribution in [1.29, 1.82) is 0 Å². The maximum atomic E-state index is 5.89. The molecule has 3 rings (SSSR count). The van der Waals surface area contributed by atoms with Crippen LogP contribution in [0.3, 0.4) is 0 Å².